The fourth-order valence-electron chi connectivity index (χ4n) is 0.619. The first-order valence-corrected chi connectivity index (χ1v) is 4.94. The minimum atomic E-state index is -7.45. The van der Waals surface area contributed by atoms with Gasteiger partial charge in [-0.1, -0.05) is 0 Å². The van der Waals surface area contributed by atoms with E-state index in [1.807, 2.05) is 0 Å². The van der Waals surface area contributed by atoms with Gasteiger partial charge in [-0.25, -0.2) is 9.13 Å². The van der Waals surface area contributed by atoms with Gasteiger partial charge in [0.05, 0.1) is 0 Å². The Labute approximate surface area is 130 Å². The lowest BCUT2D eigenvalue weighted by Gasteiger charge is -2.33. The van der Waals surface area contributed by atoms with Gasteiger partial charge in [-0.15, -0.1) is 0 Å². The number of rotatable bonds is 4. The van der Waals surface area contributed by atoms with Crippen LogP contribution in [0.4, 0.5) is 74.6 Å². The summed E-state index contributed by atoms with van der Waals surface area (Å²) >= 11 is 0. The maximum atomic E-state index is 12.2. The van der Waals surface area contributed by atoms with E-state index in [0.717, 1.165) is 0 Å². The van der Waals surface area contributed by atoms with E-state index in [2.05, 4.69) is 0 Å². The Morgan fingerprint density at radius 3 is 0.846 bits per heavy atom. The topological polar surface area (TPSA) is 9.23 Å². The molecule has 0 aromatic carbocycles. The summed E-state index contributed by atoms with van der Waals surface area (Å²) in [4.78, 5) is 0. The van der Waals surface area contributed by atoms with Crippen molar-refractivity contribution in [2.45, 2.75) is 36.4 Å². The molecular weight excluding hydrogens is 435 g/mol. The maximum absolute atomic E-state index is 12.2. The monoisotopic (exact) mass is 436 g/mol. The van der Waals surface area contributed by atoms with Crippen LogP contribution in [0.25, 0.3) is 0 Å². The molecule has 0 aliphatic rings. The standard InChI is InChI=1S/C6F14O.C2HF3/c7-1(8,3(11,12)13)5(17,18)21-6(19,20)2(9,10)4(14,15)16;3-1-2(4)5/h;1H. The quantitative estimate of drug-likeness (QED) is 0.472. The van der Waals surface area contributed by atoms with Gasteiger partial charge >= 0.3 is 36.4 Å². The molecule has 0 rings (SSSR count). The molecule has 0 bridgehead atoms. The Morgan fingerprint density at radius 2 is 0.731 bits per heavy atom. The van der Waals surface area contributed by atoms with Crippen LogP contribution < -0.4 is 0 Å². The molecule has 0 aliphatic carbocycles. The predicted octanol–water partition coefficient (Wildman–Crippen LogP) is 6.28. The van der Waals surface area contributed by atoms with Gasteiger partial charge in [0, 0.05) is 0 Å². The van der Waals surface area contributed by atoms with Crippen molar-refractivity contribution >= 4 is 0 Å². The largest absolute Gasteiger partial charge is 0.462 e. The van der Waals surface area contributed by atoms with Gasteiger partial charge in [0.2, 0.25) is 0 Å². The first-order valence-electron chi connectivity index (χ1n) is 4.94. The molecule has 0 saturated heterocycles. The van der Waals surface area contributed by atoms with Crippen molar-refractivity contribution in [2.75, 3.05) is 0 Å². The van der Waals surface area contributed by atoms with E-state index in [0.29, 0.717) is 0 Å². The molecule has 0 fully saturated rings. The summed E-state index contributed by atoms with van der Waals surface area (Å²) in [6.07, 6.45) is -32.4. The second kappa shape index (κ2) is 7.63. The highest BCUT2D eigenvalue weighted by Gasteiger charge is 2.82. The van der Waals surface area contributed by atoms with Crippen molar-refractivity contribution in [3.05, 3.63) is 12.4 Å². The van der Waals surface area contributed by atoms with E-state index in [4.69, 9.17) is 0 Å². The Morgan fingerprint density at radius 1 is 0.538 bits per heavy atom. The number of hydrogen-bond acceptors (Lipinski definition) is 1. The second-order valence-corrected chi connectivity index (χ2v) is 3.68. The molecule has 0 N–H and O–H groups in total. The molecule has 18 heteroatoms. The van der Waals surface area contributed by atoms with Crippen LogP contribution >= 0.6 is 0 Å². The highest BCUT2D eigenvalue weighted by Crippen LogP contribution is 2.53. The smallest absolute Gasteiger partial charge is 0.245 e. The fraction of sp³-hybridized carbons (Fsp3) is 0.750. The van der Waals surface area contributed by atoms with Crippen LogP contribution in [0.15, 0.2) is 12.4 Å². The number of ether oxygens (including phenoxy) is 1. The van der Waals surface area contributed by atoms with Crippen LogP contribution in [-0.4, -0.2) is 36.4 Å². The molecule has 0 unspecified atom stereocenters. The van der Waals surface area contributed by atoms with Crippen LogP contribution in [0, 0.1) is 0 Å². The Kier molecular flexibility index (Phi) is 7.85. The summed E-state index contributed by atoms with van der Waals surface area (Å²) in [5.41, 5.74) is 0. The minimum absolute atomic E-state index is 0.750. The summed E-state index contributed by atoms with van der Waals surface area (Å²) < 4.78 is 198. The summed E-state index contributed by atoms with van der Waals surface area (Å²) in [5.74, 6) is -14.9. The maximum Gasteiger partial charge on any atom is 0.462 e. The minimum Gasteiger partial charge on any atom is -0.245 e. The molecule has 1 nitrogen and oxygen atoms in total. The molecule has 0 aromatic rings. The highest BCUT2D eigenvalue weighted by atomic mass is 19.4. The SMILES string of the molecule is FC(F)(F)C(F)(F)C(F)(F)OC(F)(F)C(F)(F)C(F)(F)F.FC=C(F)F. The molecule has 0 saturated carbocycles. The lowest BCUT2D eigenvalue weighted by Crippen LogP contribution is -2.61. The van der Waals surface area contributed by atoms with E-state index in [-0.39, 0.29) is 0 Å². The van der Waals surface area contributed by atoms with E-state index in [1.54, 1.807) is 0 Å². The molecule has 0 radical (unpaired) electrons. The van der Waals surface area contributed by atoms with Crippen molar-refractivity contribution in [1.82, 2.24) is 0 Å². The first kappa shape index (κ1) is 26.7. The Hall–Kier alpha value is -1.49. The lowest BCUT2D eigenvalue weighted by molar-refractivity contribution is -0.515. The third kappa shape index (κ3) is 5.76. The summed E-state index contributed by atoms with van der Waals surface area (Å²) in [7, 11) is 0. The van der Waals surface area contributed by atoms with E-state index in [9.17, 15) is 74.6 Å². The van der Waals surface area contributed by atoms with Gasteiger partial charge in [0.15, 0.2) is 6.33 Å². The zero-order chi connectivity index (χ0) is 22.0. The number of alkyl halides is 14. The van der Waals surface area contributed by atoms with E-state index >= 15 is 0 Å². The van der Waals surface area contributed by atoms with Crippen molar-refractivity contribution in [1.29, 1.82) is 0 Å². The van der Waals surface area contributed by atoms with Crippen molar-refractivity contribution in [3.63, 3.8) is 0 Å². The normalized spacial score (nSPS) is 14.5. The van der Waals surface area contributed by atoms with Crippen LogP contribution in [-0.2, 0) is 4.74 Å². The second-order valence-electron chi connectivity index (χ2n) is 3.68. The van der Waals surface area contributed by atoms with Crippen LogP contribution in [0.3, 0.4) is 0 Å². The zero-order valence-electron chi connectivity index (χ0n) is 10.9. The lowest BCUT2D eigenvalue weighted by atomic mass is 10.2. The van der Waals surface area contributed by atoms with Crippen molar-refractivity contribution in [3.8, 4) is 0 Å². The fourth-order valence-corrected chi connectivity index (χ4v) is 0.619. The van der Waals surface area contributed by atoms with Gasteiger partial charge in [0.25, 0.3) is 6.08 Å². The number of halogens is 17. The molecule has 0 amide bonds. The van der Waals surface area contributed by atoms with Gasteiger partial charge in [-0.3, -0.25) is 0 Å². The summed E-state index contributed by atoms with van der Waals surface area (Å²) in [5, 5.41) is 0. The van der Waals surface area contributed by atoms with E-state index < -0.39 is 48.8 Å². The van der Waals surface area contributed by atoms with Crippen LogP contribution in [0.2, 0.25) is 0 Å². The average molecular weight is 436 g/mol. The van der Waals surface area contributed by atoms with Gasteiger partial charge in [-0.2, -0.15) is 70.2 Å². The molecular formula is C8HF17O. The third-order valence-corrected chi connectivity index (χ3v) is 1.78. The molecule has 0 aromatic heterocycles. The van der Waals surface area contributed by atoms with Gasteiger partial charge in [0.1, 0.15) is 0 Å². The first-order chi connectivity index (χ1) is 11.0. The van der Waals surface area contributed by atoms with Crippen LogP contribution in [0.5, 0.6) is 0 Å². The molecule has 158 valence electrons. The Balaban J connectivity index is 0. The predicted molar refractivity (Wildman–Crippen MR) is 44.4 cm³/mol. The van der Waals surface area contributed by atoms with Gasteiger partial charge < -0.3 is 0 Å². The molecule has 0 spiro atoms. The zero-order valence-corrected chi connectivity index (χ0v) is 10.9. The Bertz CT molecular complexity index is 442. The highest BCUT2D eigenvalue weighted by molar-refractivity contribution is 4.90. The summed E-state index contributed by atoms with van der Waals surface area (Å²) in [6, 6.07) is 0. The van der Waals surface area contributed by atoms with E-state index in [1.165, 1.54) is 4.74 Å². The molecule has 26 heavy (non-hydrogen) atoms. The third-order valence-electron chi connectivity index (χ3n) is 1.78. The average Bonchev–Trinajstić information content (AvgIpc) is 2.34. The summed E-state index contributed by atoms with van der Waals surface area (Å²) in [6.45, 7) is 0. The van der Waals surface area contributed by atoms with Gasteiger partial charge in [-0.05, 0) is 0 Å². The van der Waals surface area contributed by atoms with Crippen molar-refractivity contribution < 1.29 is 79.4 Å². The van der Waals surface area contributed by atoms with Crippen LogP contribution in [0.1, 0.15) is 0 Å². The molecule has 0 atom stereocenters. The number of hydrogen-bond donors (Lipinski definition) is 0. The van der Waals surface area contributed by atoms with Crippen molar-refractivity contribution in [2.24, 2.45) is 0 Å². The molecule has 0 aliphatic heterocycles. The molecule has 0 heterocycles.